The summed E-state index contributed by atoms with van der Waals surface area (Å²) < 4.78 is 30.9. The fourth-order valence-electron chi connectivity index (χ4n) is 4.02. The first kappa shape index (κ1) is 19.8. The number of carboxylic acid groups (broad SMARTS) is 1. The van der Waals surface area contributed by atoms with Crippen molar-refractivity contribution >= 4 is 21.7 Å². The van der Waals surface area contributed by atoms with Crippen LogP contribution in [0.5, 0.6) is 0 Å². The summed E-state index contributed by atoms with van der Waals surface area (Å²) in [6.45, 7) is 3.71. The molecule has 1 aromatic rings. The highest BCUT2D eigenvalue weighted by atomic mass is 32.2. The topological polar surface area (TPSA) is 101 Å². The second-order valence-electron chi connectivity index (χ2n) is 7.42. The van der Waals surface area contributed by atoms with Crippen LogP contribution in [0.15, 0.2) is 23.1 Å². The maximum Gasteiger partial charge on any atom is 0.334 e. The Morgan fingerprint density at radius 3 is 2.52 bits per heavy atom. The minimum Gasteiger partial charge on any atom is -0.479 e. The molecule has 0 unspecified atom stereocenters. The van der Waals surface area contributed by atoms with E-state index in [4.69, 9.17) is 4.74 Å². The molecule has 8 heteroatoms. The van der Waals surface area contributed by atoms with E-state index in [0.717, 1.165) is 5.56 Å². The summed E-state index contributed by atoms with van der Waals surface area (Å²) in [4.78, 5) is 26.2. The molecule has 1 aliphatic heterocycles. The Balaban J connectivity index is 2.02. The minimum atomic E-state index is -3.92. The molecule has 1 amide bonds. The number of aryl methyl sites for hydroxylation is 2. The second kappa shape index (κ2) is 7.24. The Morgan fingerprint density at radius 2 is 1.89 bits per heavy atom. The van der Waals surface area contributed by atoms with Crippen LogP contribution in [0.3, 0.4) is 0 Å². The molecule has 1 aliphatic carbocycles. The number of benzene rings is 1. The van der Waals surface area contributed by atoms with Gasteiger partial charge in [-0.05, 0) is 43.9 Å². The summed E-state index contributed by atoms with van der Waals surface area (Å²) in [5.74, 6) is -1.64. The summed E-state index contributed by atoms with van der Waals surface area (Å²) in [5.41, 5.74) is 1.43. The molecule has 0 radical (unpaired) electrons. The van der Waals surface area contributed by atoms with Gasteiger partial charge in [0.2, 0.25) is 5.91 Å². The molecule has 27 heavy (non-hydrogen) atoms. The Kier molecular flexibility index (Phi) is 5.31. The summed E-state index contributed by atoms with van der Waals surface area (Å²) in [6, 6.07) is 5.22. The Hall–Kier alpha value is -1.93. The maximum absolute atomic E-state index is 13.6. The van der Waals surface area contributed by atoms with Gasteiger partial charge in [0.1, 0.15) is 0 Å². The zero-order chi connectivity index (χ0) is 19.8. The molecule has 148 valence electrons. The van der Waals surface area contributed by atoms with Crippen LogP contribution in [0.1, 0.15) is 36.8 Å². The lowest BCUT2D eigenvalue weighted by Gasteiger charge is -2.37. The maximum atomic E-state index is 13.6. The molecular weight excluding hydrogens is 370 g/mol. The van der Waals surface area contributed by atoms with E-state index in [2.05, 4.69) is 0 Å². The Bertz CT molecular complexity index is 857. The second-order valence-corrected chi connectivity index (χ2v) is 9.65. The van der Waals surface area contributed by atoms with E-state index in [1.54, 1.807) is 19.1 Å². The van der Waals surface area contributed by atoms with Gasteiger partial charge in [-0.1, -0.05) is 25.0 Å². The number of aliphatic carboxylic acids is 1. The Morgan fingerprint density at radius 1 is 1.22 bits per heavy atom. The van der Waals surface area contributed by atoms with Gasteiger partial charge in [-0.2, -0.15) is 0 Å². The molecule has 1 aromatic carbocycles. The number of carbonyl (C=O) groups is 2. The molecule has 1 atom stereocenters. The van der Waals surface area contributed by atoms with Crippen molar-refractivity contribution in [3.63, 3.8) is 0 Å². The lowest BCUT2D eigenvalue weighted by molar-refractivity contribution is -0.160. The van der Waals surface area contributed by atoms with Crippen molar-refractivity contribution in [2.45, 2.75) is 55.3 Å². The average molecular weight is 395 g/mol. The first-order chi connectivity index (χ1) is 12.7. The van der Waals surface area contributed by atoms with E-state index in [1.165, 1.54) is 4.90 Å². The lowest BCUT2D eigenvalue weighted by Crippen LogP contribution is -2.57. The van der Waals surface area contributed by atoms with Gasteiger partial charge in [0.05, 0.1) is 18.0 Å². The third-order valence-corrected chi connectivity index (χ3v) is 8.21. The zero-order valence-corrected chi connectivity index (χ0v) is 16.4. The van der Waals surface area contributed by atoms with E-state index in [0.29, 0.717) is 18.4 Å². The molecule has 3 rings (SSSR count). The number of hydrogen-bond donors (Lipinski definition) is 1. The summed E-state index contributed by atoms with van der Waals surface area (Å²) >= 11 is 0. The molecule has 7 nitrogen and oxygen atoms in total. The molecule has 0 bridgehead atoms. The molecule has 0 aromatic heterocycles. The Labute approximate surface area is 159 Å². The molecule has 1 heterocycles. The quantitative estimate of drug-likeness (QED) is 0.833. The number of morpholine rings is 1. The average Bonchev–Trinajstić information content (AvgIpc) is 3.14. The van der Waals surface area contributed by atoms with Crippen molar-refractivity contribution < 1.29 is 27.9 Å². The van der Waals surface area contributed by atoms with Crippen LogP contribution in [0.25, 0.3) is 0 Å². The van der Waals surface area contributed by atoms with Crippen molar-refractivity contribution in [3.8, 4) is 0 Å². The molecule has 1 N–H and O–H groups in total. The predicted molar refractivity (Wildman–Crippen MR) is 98.3 cm³/mol. The fraction of sp³-hybridized carbons (Fsp3) is 0.579. The van der Waals surface area contributed by atoms with Crippen LogP contribution in [0, 0.1) is 13.8 Å². The first-order valence-corrected chi connectivity index (χ1v) is 10.6. The third kappa shape index (κ3) is 3.36. The van der Waals surface area contributed by atoms with E-state index in [1.807, 2.05) is 13.0 Å². The number of carboxylic acids is 1. The smallest absolute Gasteiger partial charge is 0.334 e. The molecular formula is C19H25NO6S. The third-order valence-electron chi connectivity index (χ3n) is 5.58. The van der Waals surface area contributed by atoms with Crippen molar-refractivity contribution in [3.05, 3.63) is 29.3 Å². The monoisotopic (exact) mass is 395 g/mol. The summed E-state index contributed by atoms with van der Waals surface area (Å²) in [7, 11) is -3.92. The normalized spacial score (nSPS) is 22.6. The molecule has 1 saturated carbocycles. The van der Waals surface area contributed by atoms with Crippen LogP contribution in [0.2, 0.25) is 0 Å². The van der Waals surface area contributed by atoms with Crippen molar-refractivity contribution in [1.29, 1.82) is 0 Å². The number of ether oxygens (including phenoxy) is 1. The number of carbonyl (C=O) groups excluding carboxylic acids is 1. The van der Waals surface area contributed by atoms with E-state index in [-0.39, 0.29) is 37.4 Å². The predicted octanol–water partition coefficient (Wildman–Crippen LogP) is 1.70. The van der Waals surface area contributed by atoms with Gasteiger partial charge in [-0.25, -0.2) is 13.2 Å². The number of nitrogens with zero attached hydrogens (tertiary/aromatic N) is 1. The van der Waals surface area contributed by atoms with Gasteiger partial charge in [0.25, 0.3) is 0 Å². The summed E-state index contributed by atoms with van der Waals surface area (Å²) in [5, 5.41) is 9.19. The van der Waals surface area contributed by atoms with Crippen LogP contribution in [-0.2, 0) is 24.2 Å². The van der Waals surface area contributed by atoms with Crippen LogP contribution in [-0.4, -0.2) is 60.8 Å². The van der Waals surface area contributed by atoms with E-state index < -0.39 is 32.6 Å². The lowest BCUT2D eigenvalue weighted by atomic mass is 10.0. The van der Waals surface area contributed by atoms with Gasteiger partial charge < -0.3 is 14.7 Å². The first-order valence-electron chi connectivity index (χ1n) is 9.15. The number of rotatable bonds is 4. The number of amides is 1. The highest BCUT2D eigenvalue weighted by Crippen LogP contribution is 2.43. The number of sulfone groups is 1. The van der Waals surface area contributed by atoms with Crippen LogP contribution >= 0.6 is 0 Å². The van der Waals surface area contributed by atoms with Gasteiger partial charge in [-0.15, -0.1) is 0 Å². The highest BCUT2D eigenvalue weighted by molar-refractivity contribution is 7.93. The van der Waals surface area contributed by atoms with Crippen molar-refractivity contribution in [1.82, 2.24) is 4.90 Å². The number of hydrogen-bond acceptors (Lipinski definition) is 5. The van der Waals surface area contributed by atoms with Gasteiger partial charge >= 0.3 is 5.97 Å². The van der Waals surface area contributed by atoms with Gasteiger partial charge in [-0.3, -0.25) is 4.79 Å². The molecule has 0 spiro atoms. The van der Waals surface area contributed by atoms with Crippen molar-refractivity contribution in [2.75, 3.05) is 19.7 Å². The highest BCUT2D eigenvalue weighted by Gasteiger charge is 2.55. The van der Waals surface area contributed by atoms with Gasteiger partial charge in [0.15, 0.2) is 20.7 Å². The van der Waals surface area contributed by atoms with E-state index >= 15 is 0 Å². The standard InChI is InChI=1S/C19H25NO6S/c1-13-5-6-14(2)16(11-13)27(24,25)19(7-3-4-8-19)18(23)20-9-10-26-15(12-20)17(21)22/h5-6,11,15H,3-4,7-10,12H2,1-2H3,(H,21,22)/t15-/m1/s1. The largest absolute Gasteiger partial charge is 0.479 e. The zero-order valence-electron chi connectivity index (χ0n) is 15.6. The van der Waals surface area contributed by atoms with Crippen LogP contribution in [0.4, 0.5) is 0 Å². The molecule has 2 aliphatic rings. The van der Waals surface area contributed by atoms with Crippen LogP contribution < -0.4 is 0 Å². The van der Waals surface area contributed by atoms with Crippen molar-refractivity contribution in [2.24, 2.45) is 0 Å². The fourth-order valence-corrected chi connectivity index (χ4v) is 6.46. The summed E-state index contributed by atoms with van der Waals surface area (Å²) in [6.07, 6.45) is 0.711. The van der Waals surface area contributed by atoms with Gasteiger partial charge in [0, 0.05) is 6.54 Å². The SMILES string of the molecule is Cc1ccc(C)c(S(=O)(=O)C2(C(=O)N3CCO[C@@H](C(=O)O)C3)CCCC2)c1. The van der Waals surface area contributed by atoms with E-state index in [9.17, 15) is 23.1 Å². The minimum absolute atomic E-state index is 0.0856. The molecule has 1 saturated heterocycles. The molecule has 2 fully saturated rings.